The zero-order chi connectivity index (χ0) is 67.8. The zero-order valence-corrected chi connectivity index (χ0v) is 57.3. The van der Waals surface area contributed by atoms with Gasteiger partial charge in [0.05, 0.1) is 53.1 Å². The van der Waals surface area contributed by atoms with E-state index in [1.54, 1.807) is 75.4 Å². The van der Waals surface area contributed by atoms with Gasteiger partial charge in [-0.05, 0) is 146 Å². The highest BCUT2D eigenvalue weighted by molar-refractivity contribution is 7.91. The number of sulfone groups is 4. The Hall–Kier alpha value is -6.15. The lowest BCUT2D eigenvalue weighted by molar-refractivity contribution is -0.148. The fourth-order valence-electron chi connectivity index (χ4n) is 8.74. The Morgan fingerprint density at radius 3 is 1.54 bits per heavy atom. The Kier molecular flexibility index (Phi) is 34.6. The van der Waals surface area contributed by atoms with Crippen molar-refractivity contribution >= 4 is 89.0 Å². The molecule has 0 bridgehead atoms. The highest BCUT2D eigenvalue weighted by Crippen LogP contribution is 2.27. The van der Waals surface area contributed by atoms with Gasteiger partial charge in [-0.2, -0.15) is 13.5 Å². The average molecular weight is 1350 g/mol. The van der Waals surface area contributed by atoms with Gasteiger partial charge in [0.15, 0.2) is 39.3 Å². The third-order valence-corrected chi connectivity index (χ3v) is 17.7. The summed E-state index contributed by atoms with van der Waals surface area (Å²) >= 11 is 0. The smallest absolute Gasteiger partial charge is 0.465 e. The highest BCUT2D eigenvalue weighted by Gasteiger charge is 2.33. The molecular formula is C60H86BN5O19S5. The number of nitrogens with two attached hydrogens (primary N) is 1. The second-order valence-corrected chi connectivity index (χ2v) is 29.2. The predicted octanol–water partition coefficient (Wildman–Crippen LogP) is 3.81. The molecule has 0 aromatic heterocycles. The maximum absolute atomic E-state index is 13.0. The molecule has 1 atom stereocenters. The lowest BCUT2D eigenvalue weighted by Gasteiger charge is -2.22. The number of amides is 1. The maximum atomic E-state index is 13.0. The second kappa shape index (κ2) is 38.0. The molecule has 90 heavy (non-hydrogen) atoms. The van der Waals surface area contributed by atoms with Crippen LogP contribution in [0.4, 0.5) is 5.69 Å². The minimum atomic E-state index is -3.46. The van der Waals surface area contributed by atoms with E-state index in [1.807, 2.05) is 38.0 Å². The molecule has 0 radical (unpaired) electrons. The summed E-state index contributed by atoms with van der Waals surface area (Å²) in [5, 5.41) is 37.7. The van der Waals surface area contributed by atoms with Crippen molar-refractivity contribution < 1.29 is 87.3 Å². The van der Waals surface area contributed by atoms with Gasteiger partial charge in [0, 0.05) is 76.1 Å². The molecule has 5 aromatic rings. The molecule has 2 aliphatic heterocycles. The Morgan fingerprint density at radius 2 is 1.14 bits per heavy atom. The normalized spacial score (nSPS) is 12.9. The van der Waals surface area contributed by atoms with Gasteiger partial charge in [-0.25, -0.2) is 48.1 Å². The average Bonchev–Trinajstić information content (AvgIpc) is 1.59. The fourth-order valence-corrected chi connectivity index (χ4v) is 12.3. The lowest BCUT2D eigenvalue weighted by Crippen LogP contribution is -2.46. The molecule has 1 fully saturated rings. The quantitative estimate of drug-likeness (QED) is 0.0413. The van der Waals surface area contributed by atoms with Gasteiger partial charge in [-0.1, -0.05) is 56.3 Å². The van der Waals surface area contributed by atoms with Crippen molar-refractivity contribution in [3.05, 3.63) is 152 Å². The fraction of sp³-hybridized carbons (Fsp3) is 0.433. The van der Waals surface area contributed by atoms with Crippen molar-refractivity contribution in [2.45, 2.75) is 105 Å². The van der Waals surface area contributed by atoms with Crippen molar-refractivity contribution in [1.29, 1.82) is 0 Å². The third-order valence-electron chi connectivity index (χ3n) is 12.9. The summed E-state index contributed by atoms with van der Waals surface area (Å²) in [5.41, 5.74) is 11.8. The molecule has 0 spiro atoms. The van der Waals surface area contributed by atoms with Crippen LogP contribution in [0.1, 0.15) is 91.9 Å². The largest absolute Gasteiger partial charge is 0.492 e. The molecule has 0 unspecified atom stereocenters. The first-order valence-corrected chi connectivity index (χ1v) is 35.0. The van der Waals surface area contributed by atoms with Crippen molar-refractivity contribution in [3.63, 3.8) is 0 Å². The Balaban J connectivity index is 0.000000626. The van der Waals surface area contributed by atoms with Gasteiger partial charge < -0.3 is 60.1 Å². The van der Waals surface area contributed by atoms with E-state index in [4.69, 9.17) is 41.8 Å². The van der Waals surface area contributed by atoms with Gasteiger partial charge in [-0.15, -0.1) is 0 Å². The number of nitrogens with one attached hydrogen (secondary N) is 1. The number of carbonyl (C=O) groups is 3. The lowest BCUT2D eigenvalue weighted by atomic mass is 9.75. The summed E-state index contributed by atoms with van der Waals surface area (Å²) in [7, 11) is -4.76. The van der Waals surface area contributed by atoms with E-state index in [1.165, 1.54) is 56.5 Å². The standard InChI is InChI=1S/C25H33BN2O7S.C11H17NO3S.C10H9NO4S.C9H13NO3S.C4H8O.CH4O.H2S/c1-15(2)23(27-24(29)20-9-8-18-14-35-26(31)22(18)16(20)3)25(30)34-13-17-7-10-21(36(6,32)33)19(11-17)12-28(4)5;1-12(2)7-10-6-9(8-13)4-5-11(10)16(3,14)15;1-11-8-6-7(10(12)15-2)4-5-9(8)16(3,13)14;1-14(12,13)9-3-2-7(6-11)4-8(9)5-10;1-2-4-5-3-1;1-2;/h7-11,15,23,31H,12-14H2,1-6H3,(H,27,29);4-6,13H,7-8H2,1-3H3;4-6H,2-3H3;2-4,11H,5-6,10H2,1H3;1-4H2;2H,1H3;1H2/t23-;;;;;;/m0....../s1. The molecule has 498 valence electrons. The second-order valence-electron chi connectivity index (χ2n) is 21.3. The number of aliphatic hydroxyl groups is 3. The minimum Gasteiger partial charge on any atom is -0.465 e. The molecule has 0 saturated carbocycles. The van der Waals surface area contributed by atoms with Crippen LogP contribution < -0.4 is 16.5 Å². The Bertz CT molecular complexity index is 3720. The molecule has 0 aliphatic carbocycles. The molecule has 5 aromatic carbocycles. The molecule has 7 N–H and O–H groups in total. The minimum absolute atomic E-state index is 0. The van der Waals surface area contributed by atoms with Gasteiger partial charge in [-0.3, -0.25) is 4.79 Å². The Morgan fingerprint density at radius 1 is 0.700 bits per heavy atom. The number of nitrogens with zero attached hydrogens (tertiary/aromatic N) is 3. The Labute approximate surface area is 537 Å². The molecule has 2 aliphatic rings. The number of esters is 2. The molecular weight excluding hydrogens is 1270 g/mol. The summed E-state index contributed by atoms with van der Waals surface area (Å²) in [6.07, 6.45) is 7.06. The zero-order valence-electron chi connectivity index (χ0n) is 53.1. The van der Waals surface area contributed by atoms with E-state index in [9.17, 15) is 53.1 Å². The van der Waals surface area contributed by atoms with Crippen LogP contribution in [0.15, 0.2) is 105 Å². The summed E-state index contributed by atoms with van der Waals surface area (Å²) in [6.45, 7) is 15.3. The first-order chi connectivity index (χ1) is 41.5. The van der Waals surface area contributed by atoms with Crippen molar-refractivity contribution in [2.24, 2.45) is 11.7 Å². The summed E-state index contributed by atoms with van der Waals surface area (Å²) < 4.78 is 113. The molecule has 24 nitrogen and oxygen atoms in total. The van der Waals surface area contributed by atoms with Crippen LogP contribution in [0.5, 0.6) is 0 Å². The first kappa shape index (κ1) is 81.9. The number of ether oxygens (including phenoxy) is 3. The SMILES string of the molecule is C1CCOC1.CN(C)Cc1cc(CO)ccc1S(C)(=O)=O.CO.CS(=O)(=O)c1ccc(CO)cc1CN.Cc1c(C(=O)N[C@H](C(=O)OCc2ccc(S(C)(=O)=O)c(CN(C)C)c2)C(C)C)ccc2c1B(O)OC2.S.[C-]#[N+]c1cc(C(=O)OC)ccc1S(C)(=O)=O. The van der Waals surface area contributed by atoms with Crippen molar-refractivity contribution in [1.82, 2.24) is 15.1 Å². The number of carbonyl (C=O) groups excluding carboxylic acids is 3. The number of fused-ring (bicyclic) bond motifs is 1. The summed E-state index contributed by atoms with van der Waals surface area (Å²) in [6, 6.07) is 20.7. The van der Waals surface area contributed by atoms with E-state index in [-0.39, 0.29) is 78.3 Å². The maximum Gasteiger partial charge on any atom is 0.492 e. The molecule has 1 saturated heterocycles. The van der Waals surface area contributed by atoms with Crippen LogP contribution in [0.3, 0.4) is 0 Å². The van der Waals surface area contributed by atoms with E-state index in [0.717, 1.165) is 55.8 Å². The van der Waals surface area contributed by atoms with Crippen molar-refractivity contribution in [3.8, 4) is 0 Å². The van der Waals surface area contributed by atoms with Crippen LogP contribution >= 0.6 is 13.5 Å². The van der Waals surface area contributed by atoms with Gasteiger partial charge >= 0.3 is 19.1 Å². The first-order valence-electron chi connectivity index (χ1n) is 27.4. The number of hydrogen-bond donors (Lipinski definition) is 6. The number of benzene rings is 5. The van der Waals surface area contributed by atoms with E-state index in [0.29, 0.717) is 56.8 Å². The number of methoxy groups -OCH3 is 1. The van der Waals surface area contributed by atoms with Gasteiger partial charge in [0.1, 0.15) is 12.6 Å². The number of hydrogen-bond acceptors (Lipinski definition) is 22. The predicted molar refractivity (Wildman–Crippen MR) is 348 cm³/mol. The van der Waals surface area contributed by atoms with Crippen LogP contribution in [-0.4, -0.2) is 175 Å². The van der Waals surface area contributed by atoms with Crippen LogP contribution in [0.25, 0.3) is 4.85 Å². The number of rotatable bonds is 18. The molecule has 30 heteroatoms. The van der Waals surface area contributed by atoms with Crippen molar-refractivity contribution in [2.75, 3.05) is 80.6 Å². The third kappa shape index (κ3) is 25.9. The van der Waals surface area contributed by atoms with E-state index in [2.05, 4.69) is 14.9 Å². The molecule has 1 amide bonds. The molecule has 7 rings (SSSR count). The van der Waals surface area contributed by atoms with E-state index >= 15 is 0 Å². The van der Waals surface area contributed by atoms with E-state index < -0.39 is 70.4 Å². The molecule has 2 heterocycles. The monoisotopic (exact) mass is 1350 g/mol. The summed E-state index contributed by atoms with van der Waals surface area (Å²) in [5.74, 6) is -1.90. The number of aliphatic hydroxyl groups excluding tert-OH is 3. The van der Waals surface area contributed by atoms with Crippen LogP contribution in [-0.2, 0) is 109 Å². The van der Waals surface area contributed by atoms with Crippen LogP contribution in [0, 0.1) is 19.4 Å². The highest BCUT2D eigenvalue weighted by atomic mass is 32.2. The summed E-state index contributed by atoms with van der Waals surface area (Å²) in [4.78, 5) is 44.7. The van der Waals surface area contributed by atoms with Crippen LogP contribution in [0.2, 0.25) is 0 Å². The van der Waals surface area contributed by atoms with Gasteiger partial charge in [0.2, 0.25) is 5.69 Å². The van der Waals surface area contributed by atoms with Gasteiger partial charge in [0.25, 0.3) is 5.91 Å². The topological polar surface area (TPSA) is 355 Å².